The van der Waals surface area contributed by atoms with Crippen LogP contribution in [0.5, 0.6) is 0 Å². The molecule has 1 fully saturated rings. The molecule has 0 spiro atoms. The van der Waals surface area contributed by atoms with Gasteiger partial charge in [0.2, 0.25) is 0 Å². The Morgan fingerprint density at radius 3 is 2.00 bits per heavy atom. The summed E-state index contributed by atoms with van der Waals surface area (Å²) in [7, 11) is 0. The van der Waals surface area contributed by atoms with E-state index in [9.17, 15) is 22.4 Å². The highest BCUT2D eigenvalue weighted by molar-refractivity contribution is 5.85. The van der Waals surface area contributed by atoms with Gasteiger partial charge in [0.25, 0.3) is 0 Å². The van der Waals surface area contributed by atoms with Crippen LogP contribution in [0.25, 0.3) is 0 Å². The number of rotatable bonds is 2. The molecular weight excluding hydrogens is 240 g/mol. The maximum Gasteiger partial charge on any atom is 0.330 e. The van der Waals surface area contributed by atoms with Crippen molar-refractivity contribution in [3.05, 3.63) is 35.9 Å². The molecule has 0 radical (unpaired) electrons. The van der Waals surface area contributed by atoms with Crippen LogP contribution in [0.2, 0.25) is 0 Å². The fraction of sp³-hybridized carbons (Fsp3) is 0.364. The summed E-state index contributed by atoms with van der Waals surface area (Å²) in [6.45, 7) is 0. The van der Waals surface area contributed by atoms with Gasteiger partial charge in [0, 0.05) is 6.42 Å². The molecule has 0 heterocycles. The lowest BCUT2D eigenvalue weighted by molar-refractivity contribution is -0.322. The highest BCUT2D eigenvalue weighted by atomic mass is 19.3. The van der Waals surface area contributed by atoms with Crippen LogP contribution < -0.4 is 0 Å². The minimum atomic E-state index is -4.58. The average molecular weight is 248 g/mol. The minimum Gasteiger partial charge on any atom is -0.480 e. The summed E-state index contributed by atoms with van der Waals surface area (Å²) in [4.78, 5) is 11.0. The Bertz CT molecular complexity index is 458. The van der Waals surface area contributed by atoms with Crippen LogP contribution in [0.4, 0.5) is 17.6 Å². The number of carboxylic acids is 1. The topological polar surface area (TPSA) is 37.3 Å². The molecule has 1 aromatic carbocycles. The highest BCUT2D eigenvalue weighted by Crippen LogP contribution is 2.63. The van der Waals surface area contributed by atoms with E-state index in [-0.39, 0.29) is 5.56 Å². The first-order valence-corrected chi connectivity index (χ1v) is 4.80. The zero-order chi connectivity index (χ0) is 12.9. The van der Waals surface area contributed by atoms with E-state index < -0.39 is 29.7 Å². The molecule has 1 atom stereocenters. The minimum absolute atomic E-state index is 0.302. The van der Waals surface area contributed by atoms with Gasteiger partial charge < -0.3 is 5.11 Å². The van der Waals surface area contributed by atoms with Gasteiger partial charge in [-0.15, -0.1) is 0 Å². The van der Waals surface area contributed by atoms with Crippen LogP contribution >= 0.6 is 0 Å². The summed E-state index contributed by atoms with van der Waals surface area (Å²) in [6, 6.07) is 6.42. The van der Waals surface area contributed by atoms with Crippen LogP contribution in [0.1, 0.15) is 12.0 Å². The van der Waals surface area contributed by atoms with Crippen LogP contribution in [0.15, 0.2) is 30.3 Å². The van der Waals surface area contributed by atoms with Crippen molar-refractivity contribution in [2.45, 2.75) is 23.7 Å². The third kappa shape index (κ3) is 1.23. The van der Waals surface area contributed by atoms with Gasteiger partial charge in [-0.25, -0.2) is 0 Å². The summed E-state index contributed by atoms with van der Waals surface area (Å²) in [5, 5.41) is 8.89. The molecule has 1 aliphatic rings. The number of halogens is 4. The maximum atomic E-state index is 13.4. The summed E-state index contributed by atoms with van der Waals surface area (Å²) in [5.74, 6) is -10.8. The summed E-state index contributed by atoms with van der Waals surface area (Å²) in [5.41, 5.74) is -3.12. The monoisotopic (exact) mass is 248 g/mol. The molecule has 0 amide bonds. The van der Waals surface area contributed by atoms with Gasteiger partial charge in [-0.05, 0) is 5.56 Å². The quantitative estimate of drug-likeness (QED) is 0.817. The Balaban J connectivity index is 2.56. The first kappa shape index (κ1) is 11.9. The lowest BCUT2D eigenvalue weighted by atomic mass is 9.58. The average Bonchev–Trinajstić information content (AvgIpc) is 2.26. The van der Waals surface area contributed by atoms with Gasteiger partial charge in [-0.3, -0.25) is 4.79 Å². The van der Waals surface area contributed by atoms with Crippen molar-refractivity contribution in [2.75, 3.05) is 0 Å². The standard InChI is InChI=1S/C11H8F4O2/c12-10(13)6-9(8(16)17,11(10,14)15)7-4-2-1-3-5-7/h1-5H,6H2,(H,16,17). The van der Waals surface area contributed by atoms with Gasteiger partial charge in [-0.2, -0.15) is 17.6 Å². The molecule has 0 aromatic heterocycles. The molecule has 92 valence electrons. The van der Waals surface area contributed by atoms with Crippen molar-refractivity contribution in [2.24, 2.45) is 0 Å². The van der Waals surface area contributed by atoms with Crippen molar-refractivity contribution in [3.8, 4) is 0 Å². The van der Waals surface area contributed by atoms with E-state index in [1.165, 1.54) is 18.2 Å². The highest BCUT2D eigenvalue weighted by Gasteiger charge is 2.84. The van der Waals surface area contributed by atoms with Crippen LogP contribution in [0.3, 0.4) is 0 Å². The Kier molecular flexibility index (Phi) is 2.24. The van der Waals surface area contributed by atoms with E-state index in [0.29, 0.717) is 0 Å². The Labute approximate surface area is 93.9 Å². The zero-order valence-corrected chi connectivity index (χ0v) is 8.46. The molecule has 1 aromatic rings. The van der Waals surface area contributed by atoms with E-state index >= 15 is 0 Å². The van der Waals surface area contributed by atoms with Crippen molar-refractivity contribution in [1.82, 2.24) is 0 Å². The predicted molar refractivity (Wildman–Crippen MR) is 50.3 cm³/mol. The van der Waals surface area contributed by atoms with E-state index in [4.69, 9.17) is 5.11 Å². The predicted octanol–water partition coefficient (Wildman–Crippen LogP) is 2.68. The third-order valence-electron chi connectivity index (χ3n) is 3.11. The summed E-state index contributed by atoms with van der Waals surface area (Å²) in [6.07, 6.45) is -1.38. The van der Waals surface area contributed by atoms with Crippen LogP contribution in [-0.2, 0) is 10.2 Å². The second-order valence-electron chi connectivity index (χ2n) is 4.03. The molecule has 0 bridgehead atoms. The molecule has 17 heavy (non-hydrogen) atoms. The molecule has 1 aliphatic carbocycles. The molecule has 2 rings (SSSR count). The van der Waals surface area contributed by atoms with Crippen LogP contribution in [-0.4, -0.2) is 22.9 Å². The van der Waals surface area contributed by atoms with Gasteiger partial charge in [0.15, 0.2) is 5.41 Å². The first-order chi connectivity index (χ1) is 7.76. The van der Waals surface area contributed by atoms with Crippen LogP contribution in [0, 0.1) is 0 Å². The van der Waals surface area contributed by atoms with E-state index in [1.807, 2.05) is 0 Å². The lowest BCUT2D eigenvalue weighted by Crippen LogP contribution is -2.72. The summed E-state index contributed by atoms with van der Waals surface area (Å²) < 4.78 is 52.6. The van der Waals surface area contributed by atoms with E-state index in [2.05, 4.69) is 0 Å². The van der Waals surface area contributed by atoms with E-state index in [0.717, 1.165) is 12.1 Å². The fourth-order valence-corrected chi connectivity index (χ4v) is 2.10. The Morgan fingerprint density at radius 1 is 1.12 bits per heavy atom. The molecule has 1 saturated carbocycles. The number of alkyl halides is 4. The Morgan fingerprint density at radius 2 is 1.65 bits per heavy atom. The number of aliphatic carboxylic acids is 1. The number of benzene rings is 1. The smallest absolute Gasteiger partial charge is 0.330 e. The van der Waals surface area contributed by atoms with Gasteiger partial charge in [0.05, 0.1) is 0 Å². The second-order valence-corrected chi connectivity index (χ2v) is 4.03. The summed E-state index contributed by atoms with van der Waals surface area (Å²) >= 11 is 0. The molecule has 6 heteroatoms. The maximum absolute atomic E-state index is 13.4. The Hall–Kier alpha value is -1.59. The van der Waals surface area contributed by atoms with Crippen molar-refractivity contribution >= 4 is 5.97 Å². The zero-order valence-electron chi connectivity index (χ0n) is 8.46. The van der Waals surface area contributed by atoms with Crippen molar-refractivity contribution in [3.63, 3.8) is 0 Å². The second kappa shape index (κ2) is 3.21. The lowest BCUT2D eigenvalue weighted by Gasteiger charge is -2.51. The number of hydrogen-bond acceptors (Lipinski definition) is 1. The van der Waals surface area contributed by atoms with Gasteiger partial charge >= 0.3 is 17.8 Å². The number of carboxylic acid groups (broad SMARTS) is 1. The van der Waals surface area contributed by atoms with Gasteiger partial charge in [0.1, 0.15) is 0 Å². The fourth-order valence-electron chi connectivity index (χ4n) is 2.10. The number of hydrogen-bond donors (Lipinski definition) is 1. The van der Waals surface area contributed by atoms with E-state index in [1.54, 1.807) is 0 Å². The molecular formula is C11H8F4O2. The molecule has 2 nitrogen and oxygen atoms in total. The number of carbonyl (C=O) groups is 1. The van der Waals surface area contributed by atoms with Gasteiger partial charge in [-0.1, -0.05) is 30.3 Å². The SMILES string of the molecule is O=C(O)C1(c2ccccc2)CC(F)(F)C1(F)F. The third-order valence-corrected chi connectivity index (χ3v) is 3.11. The normalized spacial score (nSPS) is 29.4. The molecule has 1 unspecified atom stereocenters. The molecule has 0 saturated heterocycles. The molecule has 1 N–H and O–H groups in total. The largest absolute Gasteiger partial charge is 0.480 e. The molecule has 0 aliphatic heterocycles. The van der Waals surface area contributed by atoms with Crippen molar-refractivity contribution in [1.29, 1.82) is 0 Å². The first-order valence-electron chi connectivity index (χ1n) is 4.80. The van der Waals surface area contributed by atoms with Crippen molar-refractivity contribution < 1.29 is 27.5 Å².